The largest absolute Gasteiger partial charge is 0.275 e. The van der Waals surface area contributed by atoms with Crippen LogP contribution in [-0.2, 0) is 5.41 Å². The van der Waals surface area contributed by atoms with Gasteiger partial charge in [0.05, 0.1) is 0 Å². The SMILES string of the molecule is C=Cc1ccc(-c2ccc(-c3nnc(-c4ccc(C(C)(C)C)cc4)n3-c3ccccc3)cc2)cc1. The molecule has 0 bridgehead atoms. The summed E-state index contributed by atoms with van der Waals surface area (Å²) in [5.74, 6) is 1.65. The zero-order valence-electron chi connectivity index (χ0n) is 20.4. The van der Waals surface area contributed by atoms with Gasteiger partial charge in [-0.3, -0.25) is 4.57 Å². The molecule has 1 aromatic heterocycles. The van der Waals surface area contributed by atoms with E-state index in [0.29, 0.717) is 0 Å². The fourth-order valence-corrected chi connectivity index (χ4v) is 4.22. The zero-order chi connectivity index (χ0) is 24.4. The molecule has 5 rings (SSSR count). The van der Waals surface area contributed by atoms with Crippen molar-refractivity contribution in [2.24, 2.45) is 0 Å². The van der Waals surface area contributed by atoms with Crippen LogP contribution in [-0.4, -0.2) is 14.8 Å². The minimum Gasteiger partial charge on any atom is -0.275 e. The van der Waals surface area contributed by atoms with Crippen molar-refractivity contribution >= 4 is 6.08 Å². The zero-order valence-corrected chi connectivity index (χ0v) is 20.4. The van der Waals surface area contributed by atoms with Crippen molar-refractivity contribution in [1.82, 2.24) is 14.8 Å². The van der Waals surface area contributed by atoms with Crippen molar-refractivity contribution in [3.05, 3.63) is 121 Å². The van der Waals surface area contributed by atoms with Gasteiger partial charge in [0.1, 0.15) is 0 Å². The standard InChI is InChI=1S/C32H29N3/c1-5-23-11-13-24(14-12-23)25-15-17-26(18-16-25)30-33-34-31(35(30)29-9-7-6-8-10-29)27-19-21-28(22-20-27)32(2,3)4/h5-22H,1H2,2-4H3. The van der Waals surface area contributed by atoms with Gasteiger partial charge in [-0.1, -0.05) is 124 Å². The minimum absolute atomic E-state index is 0.102. The topological polar surface area (TPSA) is 30.7 Å². The van der Waals surface area contributed by atoms with Crippen LogP contribution in [0.4, 0.5) is 0 Å². The Morgan fingerprint density at radius 2 is 1.06 bits per heavy atom. The van der Waals surface area contributed by atoms with E-state index in [2.05, 4.69) is 127 Å². The Labute approximate surface area is 207 Å². The molecule has 0 aliphatic rings. The van der Waals surface area contributed by atoms with Gasteiger partial charge in [0.2, 0.25) is 0 Å². The number of para-hydroxylation sites is 1. The summed E-state index contributed by atoms with van der Waals surface area (Å²) in [6.07, 6.45) is 1.86. The lowest BCUT2D eigenvalue weighted by atomic mass is 9.86. The van der Waals surface area contributed by atoms with E-state index in [9.17, 15) is 0 Å². The molecule has 0 unspecified atom stereocenters. The first-order valence-electron chi connectivity index (χ1n) is 11.9. The number of hydrogen-bond donors (Lipinski definition) is 0. The molecule has 0 saturated heterocycles. The first-order valence-corrected chi connectivity index (χ1v) is 11.9. The number of nitrogens with zero attached hydrogens (tertiary/aromatic N) is 3. The second kappa shape index (κ2) is 9.19. The molecular weight excluding hydrogens is 426 g/mol. The van der Waals surface area contributed by atoms with Crippen molar-refractivity contribution in [3.63, 3.8) is 0 Å². The Balaban J connectivity index is 1.57. The van der Waals surface area contributed by atoms with Crippen LogP contribution in [0.15, 0.2) is 110 Å². The van der Waals surface area contributed by atoms with Crippen molar-refractivity contribution in [2.75, 3.05) is 0 Å². The van der Waals surface area contributed by atoms with Gasteiger partial charge >= 0.3 is 0 Å². The second-order valence-electron chi connectivity index (χ2n) is 9.75. The summed E-state index contributed by atoms with van der Waals surface area (Å²) in [6.45, 7) is 10.5. The van der Waals surface area contributed by atoms with Crippen molar-refractivity contribution in [1.29, 1.82) is 0 Å². The van der Waals surface area contributed by atoms with Gasteiger partial charge in [-0.15, -0.1) is 10.2 Å². The molecule has 0 N–H and O–H groups in total. The van der Waals surface area contributed by atoms with Gasteiger partial charge in [-0.05, 0) is 39.8 Å². The summed E-state index contributed by atoms with van der Waals surface area (Å²) in [4.78, 5) is 0. The van der Waals surface area contributed by atoms with Crippen molar-refractivity contribution in [3.8, 4) is 39.6 Å². The Morgan fingerprint density at radius 1 is 0.600 bits per heavy atom. The van der Waals surface area contributed by atoms with E-state index in [1.54, 1.807) is 0 Å². The molecule has 35 heavy (non-hydrogen) atoms. The third-order valence-electron chi connectivity index (χ3n) is 6.31. The number of rotatable bonds is 5. The van der Waals surface area contributed by atoms with E-state index in [1.807, 2.05) is 24.3 Å². The van der Waals surface area contributed by atoms with Gasteiger partial charge in [0.15, 0.2) is 11.6 Å². The smallest absolute Gasteiger partial charge is 0.168 e. The Hall–Kier alpha value is -4.24. The van der Waals surface area contributed by atoms with Crippen LogP contribution < -0.4 is 0 Å². The molecule has 0 aliphatic carbocycles. The van der Waals surface area contributed by atoms with Crippen LogP contribution in [0.1, 0.15) is 31.9 Å². The molecule has 3 heteroatoms. The van der Waals surface area contributed by atoms with E-state index in [0.717, 1.165) is 39.6 Å². The molecule has 5 aromatic rings. The van der Waals surface area contributed by atoms with Crippen LogP contribution in [0, 0.1) is 0 Å². The summed E-state index contributed by atoms with van der Waals surface area (Å²) < 4.78 is 2.14. The lowest BCUT2D eigenvalue weighted by molar-refractivity contribution is 0.590. The van der Waals surface area contributed by atoms with E-state index in [4.69, 9.17) is 0 Å². The van der Waals surface area contributed by atoms with E-state index in [-0.39, 0.29) is 5.41 Å². The maximum atomic E-state index is 4.64. The average molecular weight is 456 g/mol. The monoisotopic (exact) mass is 455 g/mol. The summed E-state index contributed by atoms with van der Waals surface area (Å²) in [5.41, 5.74) is 7.94. The Morgan fingerprint density at radius 3 is 1.54 bits per heavy atom. The molecule has 4 aromatic carbocycles. The first kappa shape index (κ1) is 22.5. The summed E-state index contributed by atoms with van der Waals surface area (Å²) in [6, 6.07) is 35.9. The lowest BCUT2D eigenvalue weighted by Crippen LogP contribution is -2.10. The van der Waals surface area contributed by atoms with Crippen LogP contribution in [0.25, 0.3) is 45.7 Å². The van der Waals surface area contributed by atoms with Crippen LogP contribution in [0.2, 0.25) is 0 Å². The maximum absolute atomic E-state index is 4.64. The van der Waals surface area contributed by atoms with Gasteiger partial charge < -0.3 is 0 Å². The normalized spacial score (nSPS) is 11.4. The molecule has 172 valence electrons. The predicted molar refractivity (Wildman–Crippen MR) is 146 cm³/mol. The second-order valence-corrected chi connectivity index (χ2v) is 9.75. The fourth-order valence-electron chi connectivity index (χ4n) is 4.22. The predicted octanol–water partition coefficient (Wildman–Crippen LogP) is 8.21. The highest BCUT2D eigenvalue weighted by molar-refractivity contribution is 5.71. The van der Waals surface area contributed by atoms with E-state index in [1.165, 1.54) is 11.1 Å². The minimum atomic E-state index is 0.102. The maximum Gasteiger partial charge on any atom is 0.168 e. The van der Waals surface area contributed by atoms with Crippen LogP contribution in [0.3, 0.4) is 0 Å². The van der Waals surface area contributed by atoms with Crippen LogP contribution >= 0.6 is 0 Å². The fraction of sp³-hybridized carbons (Fsp3) is 0.125. The number of benzene rings is 4. The highest BCUT2D eigenvalue weighted by atomic mass is 15.3. The van der Waals surface area contributed by atoms with Gasteiger partial charge in [-0.25, -0.2) is 0 Å². The third-order valence-corrected chi connectivity index (χ3v) is 6.31. The van der Waals surface area contributed by atoms with Crippen molar-refractivity contribution < 1.29 is 0 Å². The Kier molecular flexibility index (Phi) is 5.92. The summed E-state index contributed by atoms with van der Waals surface area (Å²) in [5, 5.41) is 9.27. The van der Waals surface area contributed by atoms with E-state index >= 15 is 0 Å². The van der Waals surface area contributed by atoms with E-state index < -0.39 is 0 Å². The van der Waals surface area contributed by atoms with Gasteiger partial charge in [-0.2, -0.15) is 0 Å². The van der Waals surface area contributed by atoms with Crippen LogP contribution in [0.5, 0.6) is 0 Å². The molecule has 0 radical (unpaired) electrons. The quantitative estimate of drug-likeness (QED) is 0.267. The summed E-state index contributed by atoms with van der Waals surface area (Å²) >= 11 is 0. The average Bonchev–Trinajstić information content (AvgIpc) is 3.34. The molecule has 0 aliphatic heterocycles. The molecule has 0 saturated carbocycles. The molecule has 0 amide bonds. The molecule has 1 heterocycles. The first-order chi connectivity index (χ1) is 16.9. The molecule has 3 nitrogen and oxygen atoms in total. The van der Waals surface area contributed by atoms with Crippen molar-refractivity contribution in [2.45, 2.75) is 26.2 Å². The highest BCUT2D eigenvalue weighted by Gasteiger charge is 2.19. The Bertz CT molecular complexity index is 1440. The number of aromatic nitrogens is 3. The molecule has 0 atom stereocenters. The van der Waals surface area contributed by atoms with Gasteiger partial charge in [0, 0.05) is 16.8 Å². The number of hydrogen-bond acceptors (Lipinski definition) is 2. The van der Waals surface area contributed by atoms with Gasteiger partial charge in [0.25, 0.3) is 0 Å². The summed E-state index contributed by atoms with van der Waals surface area (Å²) in [7, 11) is 0. The third kappa shape index (κ3) is 4.58. The highest BCUT2D eigenvalue weighted by Crippen LogP contribution is 2.31. The lowest BCUT2D eigenvalue weighted by Gasteiger charge is -2.19. The molecule has 0 fully saturated rings. The molecular formula is C32H29N3. The molecule has 0 spiro atoms.